The van der Waals surface area contributed by atoms with Crippen molar-refractivity contribution in [1.82, 2.24) is 5.32 Å². The molecule has 0 saturated heterocycles. The number of esters is 1. The van der Waals surface area contributed by atoms with Crippen molar-refractivity contribution < 1.29 is 9.53 Å². The number of benzene rings is 1. The molecular weight excluding hydrogens is 284 g/mol. The first-order chi connectivity index (χ1) is 9.93. The third kappa shape index (κ3) is 6.12. The molecule has 0 aliphatic heterocycles. The van der Waals surface area contributed by atoms with Crippen LogP contribution in [0.5, 0.6) is 0 Å². The molecule has 0 aliphatic carbocycles. The topological polar surface area (TPSA) is 50.4 Å². The predicted molar refractivity (Wildman–Crippen MR) is 90.8 cm³/mol. The van der Waals surface area contributed by atoms with Crippen LogP contribution in [0.1, 0.15) is 43.1 Å². The quantitative estimate of drug-likeness (QED) is 0.622. The molecule has 0 radical (unpaired) electrons. The molecule has 0 unspecified atom stereocenters. The van der Waals surface area contributed by atoms with Gasteiger partial charge in [-0.25, -0.2) is 4.79 Å². The van der Waals surface area contributed by atoms with Gasteiger partial charge in [-0.2, -0.15) is 0 Å². The molecule has 116 valence electrons. The highest BCUT2D eigenvalue weighted by atomic mass is 32.1. The Kier molecular flexibility index (Phi) is 7.15. The summed E-state index contributed by atoms with van der Waals surface area (Å²) in [6, 6.07) is 5.41. The molecule has 0 aliphatic rings. The number of rotatable bonds is 6. The zero-order valence-corrected chi connectivity index (χ0v) is 14.0. The normalized spacial score (nSPS) is 10.3. The van der Waals surface area contributed by atoms with Crippen molar-refractivity contribution in [2.45, 2.75) is 34.1 Å². The lowest BCUT2D eigenvalue weighted by atomic mass is 10.1. The van der Waals surface area contributed by atoms with Crippen molar-refractivity contribution >= 4 is 29.0 Å². The average molecular weight is 308 g/mol. The highest BCUT2D eigenvalue weighted by molar-refractivity contribution is 7.80. The molecule has 0 fully saturated rings. The second-order valence-electron chi connectivity index (χ2n) is 5.31. The van der Waals surface area contributed by atoms with E-state index in [9.17, 15) is 4.79 Å². The van der Waals surface area contributed by atoms with Crippen LogP contribution in [-0.4, -0.2) is 24.2 Å². The molecule has 1 aromatic rings. The van der Waals surface area contributed by atoms with Gasteiger partial charge in [-0.3, -0.25) is 0 Å². The van der Waals surface area contributed by atoms with E-state index in [-0.39, 0.29) is 5.97 Å². The molecule has 0 spiro atoms. The molecule has 1 rings (SSSR count). The minimum atomic E-state index is -0.320. The Labute approximate surface area is 132 Å². The first kappa shape index (κ1) is 17.4. The highest BCUT2D eigenvalue weighted by Gasteiger charge is 2.09. The number of ether oxygens (including phenoxy) is 1. The molecular formula is C16H24N2O2S. The van der Waals surface area contributed by atoms with Crippen LogP contribution in [-0.2, 0) is 4.74 Å². The van der Waals surface area contributed by atoms with Crippen molar-refractivity contribution in [3.63, 3.8) is 0 Å². The Hall–Kier alpha value is -1.62. The van der Waals surface area contributed by atoms with Gasteiger partial charge in [0.25, 0.3) is 0 Å². The van der Waals surface area contributed by atoms with Gasteiger partial charge in [-0.15, -0.1) is 0 Å². The number of thiocarbonyl (C=S) groups is 1. The van der Waals surface area contributed by atoms with Crippen LogP contribution in [0, 0.1) is 12.8 Å². The Balaban J connectivity index is 2.67. The third-order valence-corrected chi connectivity index (χ3v) is 3.25. The molecule has 0 atom stereocenters. The second kappa shape index (κ2) is 8.62. The smallest absolute Gasteiger partial charge is 0.338 e. The predicted octanol–water partition coefficient (Wildman–Crippen LogP) is 3.50. The molecule has 0 aromatic heterocycles. The lowest BCUT2D eigenvalue weighted by molar-refractivity contribution is 0.0526. The van der Waals surface area contributed by atoms with Crippen molar-refractivity contribution in [3.05, 3.63) is 29.3 Å². The van der Waals surface area contributed by atoms with Gasteiger partial charge in [-0.1, -0.05) is 19.9 Å². The number of aryl methyl sites for hydroxylation is 1. The van der Waals surface area contributed by atoms with Gasteiger partial charge in [0.1, 0.15) is 0 Å². The molecule has 0 bridgehead atoms. The maximum atomic E-state index is 11.7. The van der Waals surface area contributed by atoms with Gasteiger partial charge in [0.2, 0.25) is 0 Å². The number of hydrogen-bond acceptors (Lipinski definition) is 3. The van der Waals surface area contributed by atoms with E-state index in [2.05, 4.69) is 24.5 Å². The summed E-state index contributed by atoms with van der Waals surface area (Å²) in [5.74, 6) is 0.313. The van der Waals surface area contributed by atoms with E-state index in [0.29, 0.717) is 23.2 Å². The molecule has 21 heavy (non-hydrogen) atoms. The molecule has 0 saturated carbocycles. The average Bonchev–Trinajstić information content (AvgIpc) is 2.41. The number of nitrogens with one attached hydrogen (secondary N) is 2. The van der Waals surface area contributed by atoms with Gasteiger partial charge in [0.05, 0.1) is 12.2 Å². The number of carbonyl (C=O) groups excluding carboxylic acids is 1. The summed E-state index contributed by atoms with van der Waals surface area (Å²) >= 11 is 5.27. The monoisotopic (exact) mass is 308 g/mol. The Morgan fingerprint density at radius 1 is 1.38 bits per heavy atom. The minimum absolute atomic E-state index is 0.320. The second-order valence-corrected chi connectivity index (χ2v) is 5.72. The van der Waals surface area contributed by atoms with Gasteiger partial charge in [0.15, 0.2) is 5.11 Å². The Morgan fingerprint density at radius 2 is 2.10 bits per heavy atom. The summed E-state index contributed by atoms with van der Waals surface area (Å²) in [6.45, 7) is 9.30. The van der Waals surface area contributed by atoms with Gasteiger partial charge in [0, 0.05) is 12.2 Å². The summed E-state index contributed by atoms with van der Waals surface area (Å²) in [5.41, 5.74) is 2.37. The summed E-state index contributed by atoms with van der Waals surface area (Å²) in [5, 5.41) is 6.87. The van der Waals surface area contributed by atoms with Crippen LogP contribution in [0.4, 0.5) is 5.69 Å². The highest BCUT2D eigenvalue weighted by Crippen LogP contribution is 2.17. The van der Waals surface area contributed by atoms with Gasteiger partial charge < -0.3 is 15.4 Å². The standard InChI is InChI=1S/C16H24N2O2S/c1-5-20-15(19)13-7-6-12(4)14(10-13)18-16(21)17-9-8-11(2)3/h6-7,10-11H,5,8-9H2,1-4H3,(H2,17,18,21). The van der Waals surface area contributed by atoms with E-state index >= 15 is 0 Å². The number of carbonyl (C=O) groups is 1. The van der Waals surface area contributed by atoms with E-state index in [1.807, 2.05) is 13.0 Å². The Bertz CT molecular complexity index is 501. The fourth-order valence-electron chi connectivity index (χ4n) is 1.74. The van der Waals surface area contributed by atoms with E-state index in [4.69, 9.17) is 17.0 Å². The van der Waals surface area contributed by atoms with Crippen LogP contribution in [0.15, 0.2) is 18.2 Å². The van der Waals surface area contributed by atoms with Crippen molar-refractivity contribution in [2.24, 2.45) is 5.92 Å². The summed E-state index contributed by atoms with van der Waals surface area (Å²) in [6.07, 6.45) is 1.06. The maximum Gasteiger partial charge on any atom is 0.338 e. The van der Waals surface area contributed by atoms with E-state index in [0.717, 1.165) is 24.2 Å². The molecule has 1 aromatic carbocycles. The fraction of sp³-hybridized carbons (Fsp3) is 0.500. The SMILES string of the molecule is CCOC(=O)c1ccc(C)c(NC(=S)NCCC(C)C)c1. The maximum absolute atomic E-state index is 11.7. The van der Waals surface area contributed by atoms with Crippen LogP contribution < -0.4 is 10.6 Å². The van der Waals surface area contributed by atoms with Crippen LogP contribution in [0.3, 0.4) is 0 Å². The molecule has 5 heteroatoms. The van der Waals surface area contributed by atoms with E-state index in [1.54, 1.807) is 19.1 Å². The van der Waals surface area contributed by atoms with Crippen LogP contribution >= 0.6 is 12.2 Å². The van der Waals surface area contributed by atoms with Crippen LogP contribution in [0.2, 0.25) is 0 Å². The zero-order valence-electron chi connectivity index (χ0n) is 13.2. The lowest BCUT2D eigenvalue weighted by Gasteiger charge is -2.14. The van der Waals surface area contributed by atoms with E-state index in [1.165, 1.54) is 0 Å². The lowest BCUT2D eigenvalue weighted by Crippen LogP contribution is -2.30. The van der Waals surface area contributed by atoms with Crippen molar-refractivity contribution in [2.75, 3.05) is 18.5 Å². The van der Waals surface area contributed by atoms with Crippen molar-refractivity contribution in [1.29, 1.82) is 0 Å². The number of anilines is 1. The molecule has 0 amide bonds. The van der Waals surface area contributed by atoms with Gasteiger partial charge >= 0.3 is 5.97 Å². The molecule has 2 N–H and O–H groups in total. The van der Waals surface area contributed by atoms with E-state index < -0.39 is 0 Å². The summed E-state index contributed by atoms with van der Waals surface area (Å²) < 4.78 is 5.00. The number of hydrogen-bond donors (Lipinski definition) is 2. The minimum Gasteiger partial charge on any atom is -0.462 e. The first-order valence-corrected chi connectivity index (χ1v) is 7.67. The molecule has 0 heterocycles. The summed E-state index contributed by atoms with van der Waals surface area (Å²) in [4.78, 5) is 11.7. The summed E-state index contributed by atoms with van der Waals surface area (Å²) in [7, 11) is 0. The van der Waals surface area contributed by atoms with Crippen molar-refractivity contribution in [3.8, 4) is 0 Å². The largest absolute Gasteiger partial charge is 0.462 e. The zero-order chi connectivity index (χ0) is 15.8. The molecule has 4 nitrogen and oxygen atoms in total. The van der Waals surface area contributed by atoms with Crippen LogP contribution in [0.25, 0.3) is 0 Å². The van der Waals surface area contributed by atoms with Gasteiger partial charge in [-0.05, 0) is 56.1 Å². The fourth-order valence-corrected chi connectivity index (χ4v) is 1.95. The Morgan fingerprint density at radius 3 is 2.71 bits per heavy atom. The third-order valence-electron chi connectivity index (χ3n) is 3.00. The first-order valence-electron chi connectivity index (χ1n) is 7.26.